The van der Waals surface area contributed by atoms with Crippen LogP contribution in [0.1, 0.15) is 21.7 Å². The number of imide groups is 1. The largest absolute Gasteiger partial charge is 0.545 e. The van der Waals surface area contributed by atoms with Crippen molar-refractivity contribution in [1.29, 1.82) is 0 Å². The predicted octanol–water partition coefficient (Wildman–Crippen LogP) is 0.799. The molecule has 0 aliphatic carbocycles. The normalized spacial score (nSPS) is 15.6. The van der Waals surface area contributed by atoms with E-state index in [4.69, 9.17) is 4.42 Å². The molecule has 2 heterocycles. The molecule has 1 aliphatic heterocycles. The number of nitrogens with one attached hydrogen (secondary N) is 2. The number of carboxylic acid groups (broad SMARTS) is 1. The summed E-state index contributed by atoms with van der Waals surface area (Å²) in [5.74, 6) is -1.01. The molecule has 0 saturated carbocycles. The minimum Gasteiger partial charge on any atom is -0.545 e. The molecule has 23 heavy (non-hydrogen) atoms. The molecule has 3 rings (SSSR count). The quantitative estimate of drug-likeness (QED) is 0.643. The number of aryl methyl sites for hydroxylation is 1. The van der Waals surface area contributed by atoms with Crippen LogP contribution < -0.4 is 15.7 Å². The van der Waals surface area contributed by atoms with Gasteiger partial charge in [0.25, 0.3) is 5.91 Å². The summed E-state index contributed by atoms with van der Waals surface area (Å²) >= 11 is 0. The maximum Gasteiger partial charge on any atom is 0.326 e. The number of urea groups is 1. The Bertz CT molecular complexity index is 863. The first-order valence-electron chi connectivity index (χ1n) is 6.70. The van der Waals surface area contributed by atoms with E-state index >= 15 is 0 Å². The third-order valence-electron chi connectivity index (χ3n) is 3.37. The minimum atomic E-state index is -1.27. The van der Waals surface area contributed by atoms with Crippen molar-refractivity contribution in [1.82, 2.24) is 10.6 Å². The molecule has 0 spiro atoms. The predicted molar refractivity (Wildman–Crippen MR) is 77.9 cm³/mol. The first-order valence-corrected chi connectivity index (χ1v) is 6.70. The fourth-order valence-electron chi connectivity index (χ4n) is 2.21. The van der Waals surface area contributed by atoms with Gasteiger partial charge < -0.3 is 19.6 Å². The van der Waals surface area contributed by atoms with E-state index < -0.39 is 17.9 Å². The first kappa shape index (κ1) is 14.6. The molecule has 1 aromatic heterocycles. The highest BCUT2D eigenvalue weighted by Gasteiger charge is 2.23. The van der Waals surface area contributed by atoms with Gasteiger partial charge in [0.1, 0.15) is 17.2 Å². The highest BCUT2D eigenvalue weighted by Crippen LogP contribution is 2.27. The van der Waals surface area contributed by atoms with Crippen LogP contribution in [-0.4, -0.2) is 17.9 Å². The molecule has 7 heteroatoms. The molecule has 1 aromatic carbocycles. The Hall–Kier alpha value is -3.35. The average Bonchev–Trinajstić information content (AvgIpc) is 3.06. The molecule has 0 atom stereocenters. The van der Waals surface area contributed by atoms with Crippen molar-refractivity contribution in [2.45, 2.75) is 6.92 Å². The van der Waals surface area contributed by atoms with Crippen LogP contribution in [-0.2, 0) is 4.79 Å². The third kappa shape index (κ3) is 2.84. The van der Waals surface area contributed by atoms with E-state index in [2.05, 4.69) is 10.6 Å². The first-order chi connectivity index (χ1) is 10.9. The summed E-state index contributed by atoms with van der Waals surface area (Å²) in [4.78, 5) is 33.5. The molecule has 2 N–H and O–H groups in total. The van der Waals surface area contributed by atoms with Gasteiger partial charge in [-0.1, -0.05) is 12.1 Å². The van der Waals surface area contributed by atoms with Crippen LogP contribution >= 0.6 is 0 Å². The van der Waals surface area contributed by atoms with Gasteiger partial charge in [0.2, 0.25) is 0 Å². The lowest BCUT2D eigenvalue weighted by atomic mass is 10.0. The number of amides is 3. The van der Waals surface area contributed by atoms with Crippen molar-refractivity contribution in [2.24, 2.45) is 0 Å². The van der Waals surface area contributed by atoms with Gasteiger partial charge in [0, 0.05) is 11.6 Å². The summed E-state index contributed by atoms with van der Waals surface area (Å²) in [5.41, 5.74) is 1.56. The number of carboxylic acids is 1. The van der Waals surface area contributed by atoms with Crippen molar-refractivity contribution in [2.75, 3.05) is 0 Å². The zero-order valence-electron chi connectivity index (χ0n) is 12.0. The third-order valence-corrected chi connectivity index (χ3v) is 3.37. The maximum absolute atomic E-state index is 11.5. The summed E-state index contributed by atoms with van der Waals surface area (Å²) in [6.07, 6.45) is 1.39. The van der Waals surface area contributed by atoms with Gasteiger partial charge in [-0.2, -0.15) is 0 Å². The Morgan fingerprint density at radius 2 is 1.96 bits per heavy atom. The molecule has 1 fully saturated rings. The zero-order chi connectivity index (χ0) is 16.6. The van der Waals surface area contributed by atoms with Crippen molar-refractivity contribution in [3.05, 3.63) is 52.9 Å². The van der Waals surface area contributed by atoms with Crippen molar-refractivity contribution < 1.29 is 23.9 Å². The van der Waals surface area contributed by atoms with Gasteiger partial charge in [-0.15, -0.1) is 0 Å². The fraction of sp³-hybridized carbons (Fsp3) is 0.0625. The standard InChI is InChI=1S/C16H12N2O5/c1-8-2-3-9(15(20)21)6-11(8)13-5-4-10(23-13)7-12-14(19)18-16(22)17-12/h2-7H,1H3,(H,20,21)(H2,17,18,19,22)/p-1/b12-7-. The molecule has 0 radical (unpaired) electrons. The van der Waals surface area contributed by atoms with Gasteiger partial charge in [-0.05, 0) is 36.2 Å². The van der Waals surface area contributed by atoms with Crippen molar-refractivity contribution >= 4 is 24.0 Å². The van der Waals surface area contributed by atoms with Crippen LogP contribution in [0.15, 0.2) is 40.4 Å². The van der Waals surface area contributed by atoms with Gasteiger partial charge in [0.05, 0.1) is 5.97 Å². The Labute approximate surface area is 130 Å². The van der Waals surface area contributed by atoms with Gasteiger partial charge >= 0.3 is 6.03 Å². The molecule has 116 valence electrons. The van der Waals surface area contributed by atoms with E-state index in [-0.39, 0.29) is 11.3 Å². The Kier molecular flexibility index (Phi) is 3.46. The lowest BCUT2D eigenvalue weighted by Gasteiger charge is -2.07. The molecule has 0 unspecified atom stereocenters. The molecule has 2 aromatic rings. The minimum absolute atomic E-state index is 0.0457. The number of rotatable bonds is 3. The molecule has 1 aliphatic rings. The van der Waals surface area contributed by atoms with E-state index in [0.29, 0.717) is 17.1 Å². The number of benzene rings is 1. The zero-order valence-corrected chi connectivity index (χ0v) is 12.0. The number of hydrogen-bond acceptors (Lipinski definition) is 5. The number of carbonyl (C=O) groups excluding carboxylic acids is 3. The molecule has 3 amide bonds. The molecular formula is C16H11N2O5-. The molecular weight excluding hydrogens is 300 g/mol. The second-order valence-electron chi connectivity index (χ2n) is 4.99. The van der Waals surface area contributed by atoms with Crippen molar-refractivity contribution in [3.63, 3.8) is 0 Å². The second kappa shape index (κ2) is 5.45. The molecule has 0 bridgehead atoms. The second-order valence-corrected chi connectivity index (χ2v) is 4.99. The summed E-state index contributed by atoms with van der Waals surface area (Å²) in [5, 5.41) is 15.4. The van der Waals surface area contributed by atoms with Crippen LogP contribution in [0.4, 0.5) is 4.79 Å². The van der Waals surface area contributed by atoms with Crippen molar-refractivity contribution in [3.8, 4) is 11.3 Å². The molecule has 7 nitrogen and oxygen atoms in total. The Morgan fingerprint density at radius 3 is 2.61 bits per heavy atom. The van der Waals surface area contributed by atoms with E-state index in [9.17, 15) is 19.5 Å². The summed E-state index contributed by atoms with van der Waals surface area (Å²) in [7, 11) is 0. The molecule has 1 saturated heterocycles. The number of hydrogen-bond donors (Lipinski definition) is 2. The monoisotopic (exact) mass is 311 g/mol. The Morgan fingerprint density at radius 1 is 1.17 bits per heavy atom. The highest BCUT2D eigenvalue weighted by molar-refractivity contribution is 6.13. The number of carbonyl (C=O) groups is 3. The van der Waals surface area contributed by atoms with Crippen LogP contribution in [0.25, 0.3) is 17.4 Å². The number of aromatic carboxylic acids is 1. The maximum atomic E-state index is 11.5. The summed E-state index contributed by atoms with van der Waals surface area (Å²) in [6, 6.07) is 7.26. The lowest BCUT2D eigenvalue weighted by molar-refractivity contribution is -0.255. The smallest absolute Gasteiger partial charge is 0.326 e. The van der Waals surface area contributed by atoms with E-state index in [0.717, 1.165) is 5.56 Å². The highest BCUT2D eigenvalue weighted by atomic mass is 16.4. The number of furan rings is 1. The van der Waals surface area contributed by atoms with E-state index in [1.54, 1.807) is 18.2 Å². The van der Waals surface area contributed by atoms with E-state index in [1.165, 1.54) is 18.2 Å². The van der Waals surface area contributed by atoms with Crippen LogP contribution in [0.3, 0.4) is 0 Å². The SMILES string of the molecule is Cc1ccc(C(=O)[O-])cc1-c1ccc(/C=C2\NC(=O)NC2=O)o1. The average molecular weight is 311 g/mol. The van der Waals surface area contributed by atoms with E-state index in [1.807, 2.05) is 6.92 Å². The fourth-order valence-corrected chi connectivity index (χ4v) is 2.21. The van der Waals surface area contributed by atoms with Crippen LogP contribution in [0, 0.1) is 6.92 Å². The summed E-state index contributed by atoms with van der Waals surface area (Å²) in [6.45, 7) is 1.82. The van der Waals surface area contributed by atoms with Crippen LogP contribution in [0.5, 0.6) is 0 Å². The lowest BCUT2D eigenvalue weighted by Crippen LogP contribution is -2.22. The topological polar surface area (TPSA) is 111 Å². The van der Waals surface area contributed by atoms with Gasteiger partial charge in [-0.3, -0.25) is 10.1 Å². The Balaban J connectivity index is 1.95. The van der Waals surface area contributed by atoms with Gasteiger partial charge in [-0.25, -0.2) is 4.79 Å². The van der Waals surface area contributed by atoms with Gasteiger partial charge in [0.15, 0.2) is 0 Å². The summed E-state index contributed by atoms with van der Waals surface area (Å²) < 4.78 is 5.61. The van der Waals surface area contributed by atoms with Crippen LogP contribution in [0.2, 0.25) is 0 Å².